The van der Waals surface area contributed by atoms with Gasteiger partial charge in [0.15, 0.2) is 5.78 Å². The Balaban J connectivity index is 4.36. The largest absolute Gasteiger partial charge is 0.295 e. The summed E-state index contributed by atoms with van der Waals surface area (Å²) >= 11 is 0. The highest BCUT2D eigenvalue weighted by atomic mass is 16.1. The predicted octanol–water partition coefficient (Wildman–Crippen LogP) is 4.05. The first-order valence-electron chi connectivity index (χ1n) is 5.16. The van der Waals surface area contributed by atoms with E-state index in [0.29, 0.717) is 0 Å². The molecule has 0 aromatic heterocycles. The van der Waals surface area contributed by atoms with Crippen molar-refractivity contribution in [3.63, 3.8) is 0 Å². The fourth-order valence-corrected chi connectivity index (χ4v) is 1.11. The van der Waals surface area contributed by atoms with Crippen molar-refractivity contribution in [1.82, 2.24) is 0 Å². The molecule has 1 nitrogen and oxygen atoms in total. The van der Waals surface area contributed by atoms with Crippen molar-refractivity contribution in [3.8, 4) is 0 Å². The number of allylic oxidation sites excluding steroid dienone is 4. The second-order valence-electron chi connectivity index (χ2n) is 4.24. The van der Waals surface area contributed by atoms with Crippen LogP contribution in [0.1, 0.15) is 54.4 Å². The molecule has 1 heteroatoms. The third-order valence-electron chi connectivity index (χ3n) is 2.90. The van der Waals surface area contributed by atoms with Gasteiger partial charge in [-0.15, -0.1) is 0 Å². The molecule has 0 amide bonds. The van der Waals surface area contributed by atoms with Gasteiger partial charge in [-0.25, -0.2) is 0 Å². The lowest BCUT2D eigenvalue weighted by molar-refractivity contribution is -0.113. The summed E-state index contributed by atoms with van der Waals surface area (Å²) < 4.78 is 0. The summed E-state index contributed by atoms with van der Waals surface area (Å²) in [6.45, 7) is 12.0. The van der Waals surface area contributed by atoms with Crippen LogP contribution in [0.15, 0.2) is 22.3 Å². The Kier molecular flexibility index (Phi) is 5.44. The second kappa shape index (κ2) is 5.79. The molecule has 0 saturated heterocycles. The van der Waals surface area contributed by atoms with E-state index in [1.54, 1.807) is 6.92 Å². The Morgan fingerprint density at radius 1 is 0.786 bits per heavy atom. The van der Waals surface area contributed by atoms with Gasteiger partial charge in [0.05, 0.1) is 0 Å². The number of rotatable bonds is 4. The third-order valence-corrected chi connectivity index (χ3v) is 2.90. The van der Waals surface area contributed by atoms with E-state index in [9.17, 15) is 4.79 Å². The van der Waals surface area contributed by atoms with Crippen LogP contribution in [0, 0.1) is 0 Å². The molecule has 0 spiro atoms. The van der Waals surface area contributed by atoms with Crippen LogP contribution < -0.4 is 0 Å². The van der Waals surface area contributed by atoms with Crippen LogP contribution in [-0.4, -0.2) is 5.78 Å². The molecule has 0 bridgehead atoms. The summed E-state index contributed by atoms with van der Waals surface area (Å²) in [5.74, 6) is 0.192. The molecule has 0 N–H and O–H groups in total. The van der Waals surface area contributed by atoms with Crippen molar-refractivity contribution in [2.45, 2.75) is 54.4 Å². The maximum atomic E-state index is 11.1. The van der Waals surface area contributed by atoms with Gasteiger partial charge < -0.3 is 0 Å². The number of Topliss-reactive ketones (excluding diaryl/α,β-unsaturated/α-hetero) is 1. The molecule has 0 radical (unpaired) electrons. The topological polar surface area (TPSA) is 17.1 Å². The van der Waals surface area contributed by atoms with Gasteiger partial charge in [0.2, 0.25) is 0 Å². The molecule has 0 aromatic rings. The summed E-state index contributed by atoms with van der Waals surface area (Å²) in [5.41, 5.74) is 4.96. The molecule has 0 fully saturated rings. The van der Waals surface area contributed by atoms with Gasteiger partial charge in [0, 0.05) is 0 Å². The van der Waals surface area contributed by atoms with Crippen LogP contribution in [0.25, 0.3) is 0 Å². The normalized spacial score (nSPS) is 12.1. The van der Waals surface area contributed by atoms with E-state index in [1.165, 1.54) is 16.7 Å². The van der Waals surface area contributed by atoms with E-state index in [2.05, 4.69) is 27.7 Å². The van der Waals surface area contributed by atoms with Gasteiger partial charge in [-0.05, 0) is 60.0 Å². The quantitative estimate of drug-likeness (QED) is 0.487. The van der Waals surface area contributed by atoms with Crippen molar-refractivity contribution in [1.29, 1.82) is 0 Å². The van der Waals surface area contributed by atoms with Crippen molar-refractivity contribution >= 4 is 5.78 Å². The predicted molar refractivity (Wildman–Crippen MR) is 62.3 cm³/mol. The molecule has 0 aliphatic carbocycles. The molecule has 0 heterocycles. The minimum atomic E-state index is 0.192. The van der Waals surface area contributed by atoms with Crippen LogP contribution in [0.4, 0.5) is 0 Å². The summed E-state index contributed by atoms with van der Waals surface area (Å²) in [4.78, 5) is 11.1. The standard InChI is InChI=1S/C13H22O/c1-9(2)10(3)7-8-11(4)12(5)13(6)14/h7-8H2,1-6H3. The third kappa shape index (κ3) is 4.40. The average Bonchev–Trinajstić information content (AvgIpc) is 2.11. The van der Waals surface area contributed by atoms with Gasteiger partial charge in [0.25, 0.3) is 0 Å². The van der Waals surface area contributed by atoms with Crippen LogP contribution in [-0.2, 0) is 4.79 Å². The zero-order chi connectivity index (χ0) is 11.3. The fraction of sp³-hybridized carbons (Fsp3) is 0.615. The molecule has 0 aromatic carbocycles. The van der Waals surface area contributed by atoms with Gasteiger partial charge in [-0.2, -0.15) is 0 Å². The number of hydrogen-bond acceptors (Lipinski definition) is 1. The SMILES string of the molecule is CC(=O)C(C)=C(C)CCC(C)=C(C)C. The van der Waals surface area contributed by atoms with Crippen molar-refractivity contribution in [3.05, 3.63) is 22.3 Å². The minimum Gasteiger partial charge on any atom is -0.295 e. The first kappa shape index (κ1) is 13.2. The first-order chi connectivity index (χ1) is 6.36. The van der Waals surface area contributed by atoms with E-state index in [-0.39, 0.29) is 5.78 Å². The lowest BCUT2D eigenvalue weighted by atomic mass is 9.99. The molecule has 0 rings (SSSR count). The highest BCUT2D eigenvalue weighted by Crippen LogP contribution is 2.17. The van der Waals surface area contributed by atoms with Gasteiger partial charge >= 0.3 is 0 Å². The maximum Gasteiger partial charge on any atom is 0.155 e. The zero-order valence-electron chi connectivity index (χ0n) is 10.3. The molecule has 80 valence electrons. The van der Waals surface area contributed by atoms with Gasteiger partial charge in [-0.3, -0.25) is 4.79 Å². The van der Waals surface area contributed by atoms with E-state index in [0.717, 1.165) is 18.4 Å². The number of carbonyl (C=O) groups excluding carboxylic acids is 1. The smallest absolute Gasteiger partial charge is 0.155 e. The van der Waals surface area contributed by atoms with Crippen LogP contribution in [0.5, 0.6) is 0 Å². The number of ketones is 1. The fourth-order valence-electron chi connectivity index (χ4n) is 1.11. The number of hydrogen-bond donors (Lipinski definition) is 0. The summed E-state index contributed by atoms with van der Waals surface area (Å²) in [7, 11) is 0. The van der Waals surface area contributed by atoms with Gasteiger partial charge in [-0.1, -0.05) is 16.7 Å². The molecule has 14 heavy (non-hydrogen) atoms. The molecule has 0 unspecified atom stereocenters. The van der Waals surface area contributed by atoms with E-state index in [1.807, 2.05) is 6.92 Å². The van der Waals surface area contributed by atoms with E-state index < -0.39 is 0 Å². The Bertz CT molecular complexity index is 276. The second-order valence-corrected chi connectivity index (χ2v) is 4.24. The Morgan fingerprint density at radius 2 is 1.21 bits per heavy atom. The number of carbonyl (C=O) groups is 1. The van der Waals surface area contributed by atoms with E-state index >= 15 is 0 Å². The minimum absolute atomic E-state index is 0.192. The van der Waals surface area contributed by atoms with Crippen LogP contribution in [0.3, 0.4) is 0 Å². The zero-order valence-corrected chi connectivity index (χ0v) is 10.3. The molecular formula is C13H22O. The Labute approximate surface area is 87.9 Å². The van der Waals surface area contributed by atoms with Gasteiger partial charge in [0.1, 0.15) is 0 Å². The lowest BCUT2D eigenvalue weighted by Gasteiger charge is -2.06. The summed E-state index contributed by atoms with van der Waals surface area (Å²) in [6, 6.07) is 0. The highest BCUT2D eigenvalue weighted by Gasteiger charge is 2.02. The van der Waals surface area contributed by atoms with Crippen LogP contribution >= 0.6 is 0 Å². The highest BCUT2D eigenvalue weighted by molar-refractivity contribution is 5.93. The first-order valence-corrected chi connectivity index (χ1v) is 5.16. The lowest BCUT2D eigenvalue weighted by Crippen LogP contribution is -1.96. The molecular weight excluding hydrogens is 172 g/mol. The molecule has 0 saturated carbocycles. The van der Waals surface area contributed by atoms with Crippen molar-refractivity contribution in [2.75, 3.05) is 0 Å². The summed E-state index contributed by atoms with van der Waals surface area (Å²) in [6.07, 6.45) is 2.07. The molecule has 0 aliphatic heterocycles. The Morgan fingerprint density at radius 3 is 1.57 bits per heavy atom. The van der Waals surface area contributed by atoms with Crippen molar-refractivity contribution < 1.29 is 4.79 Å². The summed E-state index contributed by atoms with van der Waals surface area (Å²) in [5, 5.41) is 0. The average molecular weight is 194 g/mol. The Hall–Kier alpha value is -0.850. The molecule has 0 aliphatic rings. The van der Waals surface area contributed by atoms with Crippen LogP contribution in [0.2, 0.25) is 0 Å². The maximum absolute atomic E-state index is 11.1. The van der Waals surface area contributed by atoms with Crippen molar-refractivity contribution in [2.24, 2.45) is 0 Å². The van der Waals surface area contributed by atoms with E-state index in [4.69, 9.17) is 0 Å². The molecule has 0 atom stereocenters. The monoisotopic (exact) mass is 194 g/mol.